The number of H-pyrrole nitrogens is 1. The Morgan fingerprint density at radius 2 is 2.06 bits per heavy atom. The molecule has 0 aliphatic heterocycles. The van der Waals surface area contributed by atoms with Crippen LogP contribution in [0.2, 0.25) is 0 Å². The molecule has 0 radical (unpaired) electrons. The number of amides is 1. The molecule has 2 aromatic carbocycles. The number of aryl methyl sites for hydroxylation is 1. The number of benzene rings is 2. The fourth-order valence-corrected chi connectivity index (χ4v) is 3.86. The fraction of sp³-hybridized carbons (Fsp3) is 0.375. The van der Waals surface area contributed by atoms with Gasteiger partial charge in [0.15, 0.2) is 4.77 Å². The average molecular weight is 438 g/mol. The quantitative estimate of drug-likeness (QED) is 0.409. The van der Waals surface area contributed by atoms with Crippen molar-refractivity contribution in [3.8, 4) is 5.69 Å². The predicted octanol–water partition coefficient (Wildman–Crippen LogP) is 4.21. The van der Waals surface area contributed by atoms with Crippen LogP contribution in [-0.4, -0.2) is 35.2 Å². The number of hydrogen-bond acceptors (Lipinski definition) is 4. The van der Waals surface area contributed by atoms with E-state index >= 15 is 0 Å². The van der Waals surface area contributed by atoms with E-state index in [9.17, 15) is 9.59 Å². The highest BCUT2D eigenvalue weighted by molar-refractivity contribution is 7.71. The van der Waals surface area contributed by atoms with Gasteiger partial charge >= 0.3 is 0 Å². The van der Waals surface area contributed by atoms with Gasteiger partial charge in [-0.15, -0.1) is 0 Å². The van der Waals surface area contributed by atoms with Crippen LogP contribution in [0.3, 0.4) is 0 Å². The van der Waals surface area contributed by atoms with E-state index in [0.29, 0.717) is 34.4 Å². The lowest BCUT2D eigenvalue weighted by atomic mass is 10.1. The van der Waals surface area contributed by atoms with Crippen LogP contribution in [0.25, 0.3) is 16.6 Å². The molecule has 162 valence electrons. The third-order valence-corrected chi connectivity index (χ3v) is 6.06. The number of fused-ring (bicyclic) bond motifs is 1. The van der Waals surface area contributed by atoms with Crippen molar-refractivity contribution < 1.29 is 9.53 Å². The Kier molecular flexibility index (Phi) is 6.34. The number of carbonyl (C=O) groups is 1. The Labute approximate surface area is 186 Å². The van der Waals surface area contributed by atoms with Gasteiger partial charge in [-0.1, -0.05) is 12.1 Å². The van der Waals surface area contributed by atoms with Crippen molar-refractivity contribution in [3.05, 3.63) is 68.2 Å². The Morgan fingerprint density at radius 3 is 2.84 bits per heavy atom. The van der Waals surface area contributed by atoms with Crippen LogP contribution in [0.5, 0.6) is 0 Å². The molecular formula is C24H27N3O3S. The van der Waals surface area contributed by atoms with Crippen molar-refractivity contribution >= 4 is 29.0 Å². The maximum absolute atomic E-state index is 13.2. The van der Waals surface area contributed by atoms with Crippen LogP contribution in [0.15, 0.2) is 41.2 Å². The SMILES string of the molecule is Cc1cccc(-n2c(=S)[nH]c3cc(C(=O)NCCCOCC4CC4)ccc3c2=O)c1C. The van der Waals surface area contributed by atoms with E-state index in [0.717, 1.165) is 35.8 Å². The Morgan fingerprint density at radius 1 is 1.26 bits per heavy atom. The number of aromatic amines is 1. The second kappa shape index (κ2) is 9.16. The molecule has 0 bridgehead atoms. The van der Waals surface area contributed by atoms with Gasteiger partial charge in [-0.05, 0) is 86.6 Å². The average Bonchev–Trinajstić information content (AvgIpc) is 3.57. The molecular weight excluding hydrogens is 410 g/mol. The lowest BCUT2D eigenvalue weighted by Gasteiger charge is -2.13. The summed E-state index contributed by atoms with van der Waals surface area (Å²) in [4.78, 5) is 28.8. The Balaban J connectivity index is 1.51. The van der Waals surface area contributed by atoms with Crippen LogP contribution < -0.4 is 10.9 Å². The number of aromatic nitrogens is 2. The monoisotopic (exact) mass is 437 g/mol. The molecule has 0 unspecified atom stereocenters. The first-order chi connectivity index (χ1) is 15.0. The lowest BCUT2D eigenvalue weighted by Crippen LogP contribution is -2.26. The fourth-order valence-electron chi connectivity index (χ4n) is 3.57. The molecule has 0 saturated heterocycles. The van der Waals surface area contributed by atoms with Gasteiger partial charge in [0.05, 0.1) is 16.6 Å². The first kappa shape index (κ1) is 21.5. The van der Waals surface area contributed by atoms with Crippen LogP contribution >= 0.6 is 12.2 Å². The Bertz CT molecular complexity index is 1240. The summed E-state index contributed by atoms with van der Waals surface area (Å²) in [6, 6.07) is 10.8. The maximum Gasteiger partial charge on any atom is 0.266 e. The lowest BCUT2D eigenvalue weighted by molar-refractivity contribution is 0.0937. The summed E-state index contributed by atoms with van der Waals surface area (Å²) in [5.41, 5.74) is 3.69. The second-order valence-electron chi connectivity index (χ2n) is 8.18. The summed E-state index contributed by atoms with van der Waals surface area (Å²) in [6.45, 7) is 6.01. The van der Waals surface area contributed by atoms with Crippen LogP contribution in [0.4, 0.5) is 0 Å². The molecule has 3 aromatic rings. The smallest absolute Gasteiger partial charge is 0.266 e. The van der Waals surface area contributed by atoms with E-state index in [-0.39, 0.29) is 11.5 Å². The Hall–Kier alpha value is -2.77. The summed E-state index contributed by atoms with van der Waals surface area (Å²) in [5, 5.41) is 3.39. The first-order valence-corrected chi connectivity index (χ1v) is 11.1. The standard InChI is InChI=1S/C24H27N3O3S/c1-15-5-3-6-21(16(15)2)27-23(29)19-10-9-18(13-20(19)26-24(27)31)22(28)25-11-4-12-30-14-17-7-8-17/h3,5-6,9-10,13,17H,4,7-8,11-12,14H2,1-2H3,(H,25,28)(H,26,31). The minimum absolute atomic E-state index is 0.179. The normalized spacial score (nSPS) is 13.5. The van der Waals surface area contributed by atoms with Gasteiger partial charge in [-0.3, -0.25) is 14.2 Å². The zero-order valence-electron chi connectivity index (χ0n) is 17.9. The van der Waals surface area contributed by atoms with Crippen LogP contribution in [-0.2, 0) is 4.74 Å². The van der Waals surface area contributed by atoms with Crippen LogP contribution in [0, 0.1) is 24.5 Å². The molecule has 31 heavy (non-hydrogen) atoms. The largest absolute Gasteiger partial charge is 0.381 e. The van der Waals surface area contributed by atoms with Gasteiger partial charge in [0.2, 0.25) is 0 Å². The predicted molar refractivity (Wildman–Crippen MR) is 125 cm³/mol. The topological polar surface area (TPSA) is 76.1 Å². The zero-order valence-corrected chi connectivity index (χ0v) is 18.7. The van der Waals surface area contributed by atoms with Gasteiger partial charge in [0.1, 0.15) is 0 Å². The highest BCUT2D eigenvalue weighted by Gasteiger charge is 2.20. The van der Waals surface area contributed by atoms with E-state index in [4.69, 9.17) is 17.0 Å². The summed E-state index contributed by atoms with van der Waals surface area (Å²) in [6.07, 6.45) is 3.32. The number of hydrogen-bond donors (Lipinski definition) is 2. The van der Waals surface area contributed by atoms with E-state index in [1.807, 2.05) is 32.0 Å². The van der Waals surface area contributed by atoms with Crippen molar-refractivity contribution in [2.45, 2.75) is 33.1 Å². The minimum atomic E-state index is -0.202. The van der Waals surface area contributed by atoms with Crippen molar-refractivity contribution in [1.29, 1.82) is 0 Å². The molecule has 1 aliphatic rings. The van der Waals surface area contributed by atoms with Crippen molar-refractivity contribution in [3.63, 3.8) is 0 Å². The molecule has 0 spiro atoms. The van der Waals surface area contributed by atoms with Gasteiger partial charge in [-0.25, -0.2) is 0 Å². The number of carbonyl (C=O) groups excluding carboxylic acids is 1. The maximum atomic E-state index is 13.2. The molecule has 7 heteroatoms. The summed E-state index contributed by atoms with van der Waals surface area (Å²) >= 11 is 5.49. The molecule has 6 nitrogen and oxygen atoms in total. The van der Waals surface area contributed by atoms with E-state index < -0.39 is 0 Å². The third-order valence-electron chi connectivity index (χ3n) is 5.78. The summed E-state index contributed by atoms with van der Waals surface area (Å²) in [7, 11) is 0. The molecule has 1 saturated carbocycles. The molecule has 2 N–H and O–H groups in total. The second-order valence-corrected chi connectivity index (χ2v) is 8.56. The zero-order chi connectivity index (χ0) is 22.0. The van der Waals surface area contributed by atoms with Gasteiger partial charge < -0.3 is 15.0 Å². The van der Waals surface area contributed by atoms with Gasteiger partial charge in [0.25, 0.3) is 11.5 Å². The number of nitrogens with one attached hydrogen (secondary N) is 2. The molecule has 1 fully saturated rings. The number of ether oxygens (including phenoxy) is 1. The third kappa shape index (κ3) is 4.78. The van der Waals surface area contributed by atoms with Crippen molar-refractivity contribution in [1.82, 2.24) is 14.9 Å². The van der Waals surface area contributed by atoms with E-state index in [2.05, 4.69) is 10.3 Å². The minimum Gasteiger partial charge on any atom is -0.381 e. The molecule has 0 atom stereocenters. The first-order valence-electron chi connectivity index (χ1n) is 10.7. The van der Waals surface area contributed by atoms with Crippen molar-refractivity contribution in [2.24, 2.45) is 5.92 Å². The highest BCUT2D eigenvalue weighted by Crippen LogP contribution is 2.28. The van der Waals surface area contributed by atoms with Crippen molar-refractivity contribution in [2.75, 3.05) is 19.8 Å². The van der Waals surface area contributed by atoms with E-state index in [1.54, 1.807) is 18.2 Å². The molecule has 1 aliphatic carbocycles. The van der Waals surface area contributed by atoms with E-state index in [1.165, 1.54) is 17.4 Å². The molecule has 1 heterocycles. The highest BCUT2D eigenvalue weighted by atomic mass is 32.1. The molecule has 4 rings (SSSR count). The summed E-state index contributed by atoms with van der Waals surface area (Å²) in [5.74, 6) is 0.569. The van der Waals surface area contributed by atoms with Gasteiger partial charge in [-0.2, -0.15) is 0 Å². The molecule has 1 amide bonds. The summed E-state index contributed by atoms with van der Waals surface area (Å²) < 4.78 is 7.41. The number of nitrogens with zero attached hydrogens (tertiary/aromatic N) is 1. The number of rotatable bonds is 8. The van der Waals surface area contributed by atoms with Gasteiger partial charge in [0, 0.05) is 25.3 Å². The molecule has 1 aromatic heterocycles. The van der Waals surface area contributed by atoms with Crippen LogP contribution in [0.1, 0.15) is 40.7 Å².